The molecule has 3 nitrogen and oxygen atoms in total. The van der Waals surface area contributed by atoms with Gasteiger partial charge in [-0.3, -0.25) is 0 Å². The van der Waals surface area contributed by atoms with Gasteiger partial charge in [0.2, 0.25) is 0 Å². The molecule has 10 heavy (non-hydrogen) atoms. The smallest absolute Gasteiger partial charge is 0.113 e. The second kappa shape index (κ2) is 2.49. The van der Waals surface area contributed by atoms with Gasteiger partial charge < -0.3 is 14.9 Å². The van der Waals surface area contributed by atoms with Crippen molar-refractivity contribution in [3.63, 3.8) is 0 Å². The second-order valence-electron chi connectivity index (χ2n) is 3.04. The number of hydrogen-bond donors (Lipinski definition) is 2. The topological polar surface area (TPSA) is 49.7 Å². The fourth-order valence-corrected chi connectivity index (χ4v) is 1.09. The van der Waals surface area contributed by atoms with E-state index in [1.807, 2.05) is 0 Å². The molecule has 1 aliphatic rings. The summed E-state index contributed by atoms with van der Waals surface area (Å²) in [6, 6.07) is 0. The van der Waals surface area contributed by atoms with Crippen molar-refractivity contribution in [3.8, 4) is 0 Å². The predicted octanol–water partition coefficient (Wildman–Crippen LogP) is -0.0929. The predicted molar refractivity (Wildman–Crippen MR) is 36.7 cm³/mol. The van der Waals surface area contributed by atoms with Crippen molar-refractivity contribution in [2.24, 2.45) is 0 Å². The molecule has 60 valence electrons. The average Bonchev–Trinajstić information content (AvgIpc) is 1.84. The molecule has 0 unspecified atom stereocenters. The molecule has 1 rings (SSSR count). The highest BCUT2D eigenvalue weighted by molar-refractivity contribution is 4.90. The van der Waals surface area contributed by atoms with Gasteiger partial charge in [-0.1, -0.05) is 0 Å². The van der Waals surface area contributed by atoms with Gasteiger partial charge in [-0.15, -0.1) is 0 Å². The summed E-state index contributed by atoms with van der Waals surface area (Å²) in [4.78, 5) is 0. The maximum Gasteiger partial charge on any atom is 0.113 e. The van der Waals surface area contributed by atoms with Crippen molar-refractivity contribution >= 4 is 0 Å². The van der Waals surface area contributed by atoms with E-state index in [-0.39, 0.29) is 6.10 Å². The van der Waals surface area contributed by atoms with E-state index >= 15 is 0 Å². The van der Waals surface area contributed by atoms with E-state index in [2.05, 4.69) is 0 Å². The first-order valence-corrected chi connectivity index (χ1v) is 3.57. The highest BCUT2D eigenvalue weighted by Gasteiger charge is 2.39. The summed E-state index contributed by atoms with van der Waals surface area (Å²) >= 11 is 0. The van der Waals surface area contributed by atoms with E-state index in [1.165, 1.54) is 0 Å². The largest absolute Gasteiger partial charge is 0.390 e. The SMILES string of the molecule is C[C@H]1OCC[C@H](O)[C@]1(C)O. The highest BCUT2D eigenvalue weighted by Crippen LogP contribution is 2.24. The maximum absolute atomic E-state index is 9.54. The molecule has 0 bridgehead atoms. The van der Waals surface area contributed by atoms with Gasteiger partial charge in [-0.2, -0.15) is 0 Å². The van der Waals surface area contributed by atoms with Gasteiger partial charge in [-0.25, -0.2) is 0 Å². The molecule has 3 heteroatoms. The van der Waals surface area contributed by atoms with Gasteiger partial charge >= 0.3 is 0 Å². The number of aliphatic hydroxyl groups excluding tert-OH is 1. The molecule has 3 atom stereocenters. The quantitative estimate of drug-likeness (QED) is 0.502. The van der Waals surface area contributed by atoms with E-state index in [9.17, 15) is 10.2 Å². The number of hydrogen-bond acceptors (Lipinski definition) is 3. The van der Waals surface area contributed by atoms with Gasteiger partial charge in [0.15, 0.2) is 0 Å². The van der Waals surface area contributed by atoms with Crippen LogP contribution in [0.15, 0.2) is 0 Å². The number of aliphatic hydroxyl groups is 2. The van der Waals surface area contributed by atoms with Crippen LogP contribution in [0.25, 0.3) is 0 Å². The van der Waals surface area contributed by atoms with Crippen LogP contribution in [0.3, 0.4) is 0 Å². The Bertz CT molecular complexity index is 110. The van der Waals surface area contributed by atoms with Crippen LogP contribution >= 0.6 is 0 Å². The molecular weight excluding hydrogens is 132 g/mol. The van der Waals surface area contributed by atoms with Crippen molar-refractivity contribution in [2.75, 3.05) is 6.61 Å². The van der Waals surface area contributed by atoms with Crippen molar-refractivity contribution in [3.05, 3.63) is 0 Å². The third-order valence-corrected chi connectivity index (χ3v) is 2.26. The van der Waals surface area contributed by atoms with Crippen molar-refractivity contribution in [2.45, 2.75) is 38.1 Å². The molecule has 0 aromatic heterocycles. The third kappa shape index (κ3) is 1.17. The van der Waals surface area contributed by atoms with Gasteiger partial charge in [0.05, 0.1) is 12.2 Å². The zero-order valence-corrected chi connectivity index (χ0v) is 6.37. The Hall–Kier alpha value is -0.120. The zero-order chi connectivity index (χ0) is 7.78. The van der Waals surface area contributed by atoms with Crippen molar-refractivity contribution < 1.29 is 14.9 Å². The Morgan fingerprint density at radius 2 is 2.20 bits per heavy atom. The first-order valence-electron chi connectivity index (χ1n) is 3.57. The van der Waals surface area contributed by atoms with Gasteiger partial charge in [0.25, 0.3) is 0 Å². The minimum absolute atomic E-state index is 0.267. The maximum atomic E-state index is 9.54. The summed E-state index contributed by atoms with van der Waals surface area (Å²) in [7, 11) is 0. The summed E-state index contributed by atoms with van der Waals surface area (Å²) < 4.78 is 5.15. The van der Waals surface area contributed by atoms with Crippen LogP contribution in [-0.2, 0) is 4.74 Å². The van der Waals surface area contributed by atoms with Crippen LogP contribution in [0, 0.1) is 0 Å². The summed E-state index contributed by atoms with van der Waals surface area (Å²) in [5, 5.41) is 18.8. The lowest BCUT2D eigenvalue weighted by molar-refractivity contribution is -0.187. The Kier molecular flexibility index (Phi) is 1.99. The van der Waals surface area contributed by atoms with E-state index in [0.717, 1.165) is 0 Å². The second-order valence-corrected chi connectivity index (χ2v) is 3.04. The lowest BCUT2D eigenvalue weighted by Gasteiger charge is -2.38. The molecule has 0 aliphatic carbocycles. The van der Waals surface area contributed by atoms with Crippen LogP contribution < -0.4 is 0 Å². The molecule has 0 radical (unpaired) electrons. The van der Waals surface area contributed by atoms with E-state index in [4.69, 9.17) is 4.74 Å². The Morgan fingerprint density at radius 3 is 2.60 bits per heavy atom. The molecule has 1 aliphatic heterocycles. The molecule has 1 fully saturated rings. The minimum atomic E-state index is -1.07. The fraction of sp³-hybridized carbons (Fsp3) is 1.00. The Morgan fingerprint density at radius 1 is 1.60 bits per heavy atom. The molecule has 2 N–H and O–H groups in total. The lowest BCUT2D eigenvalue weighted by Crippen LogP contribution is -2.53. The van der Waals surface area contributed by atoms with Crippen LogP contribution in [-0.4, -0.2) is 34.6 Å². The van der Waals surface area contributed by atoms with Crippen LogP contribution in [0.2, 0.25) is 0 Å². The average molecular weight is 146 g/mol. The standard InChI is InChI=1S/C7H14O3/c1-5-7(2,9)6(8)3-4-10-5/h5-6,8-9H,3-4H2,1-2H3/t5-,6+,7-/m1/s1. The normalized spacial score (nSPS) is 49.2. The monoisotopic (exact) mass is 146 g/mol. The first kappa shape index (κ1) is 7.98. The molecule has 0 saturated carbocycles. The summed E-state index contributed by atoms with van der Waals surface area (Å²) in [6.45, 7) is 3.91. The van der Waals surface area contributed by atoms with Crippen molar-refractivity contribution in [1.82, 2.24) is 0 Å². The minimum Gasteiger partial charge on any atom is -0.390 e. The van der Waals surface area contributed by atoms with Crippen LogP contribution in [0.1, 0.15) is 20.3 Å². The number of ether oxygens (including phenoxy) is 1. The first-order chi connectivity index (χ1) is 4.55. The van der Waals surface area contributed by atoms with E-state index in [0.29, 0.717) is 13.0 Å². The van der Waals surface area contributed by atoms with Crippen LogP contribution in [0.4, 0.5) is 0 Å². The van der Waals surface area contributed by atoms with Gasteiger partial charge in [0, 0.05) is 6.61 Å². The van der Waals surface area contributed by atoms with Gasteiger partial charge in [-0.05, 0) is 20.3 Å². The molecule has 1 saturated heterocycles. The summed E-state index contributed by atoms with van der Waals surface area (Å²) in [5.41, 5.74) is -1.07. The lowest BCUT2D eigenvalue weighted by atomic mass is 9.89. The fourth-order valence-electron chi connectivity index (χ4n) is 1.09. The van der Waals surface area contributed by atoms with Crippen molar-refractivity contribution in [1.29, 1.82) is 0 Å². The van der Waals surface area contributed by atoms with E-state index < -0.39 is 11.7 Å². The molecule has 0 spiro atoms. The number of rotatable bonds is 0. The third-order valence-electron chi connectivity index (χ3n) is 2.26. The Balaban J connectivity index is 2.63. The molecule has 0 aromatic rings. The summed E-state index contributed by atoms with van der Waals surface area (Å²) in [6.07, 6.45) is -0.385. The molecule has 1 heterocycles. The van der Waals surface area contributed by atoms with Gasteiger partial charge in [0.1, 0.15) is 5.60 Å². The molecule has 0 amide bonds. The molecule has 0 aromatic carbocycles. The highest BCUT2D eigenvalue weighted by atomic mass is 16.5. The Labute approximate surface area is 60.6 Å². The zero-order valence-electron chi connectivity index (χ0n) is 6.37. The van der Waals surface area contributed by atoms with E-state index in [1.54, 1.807) is 13.8 Å². The molecular formula is C7H14O3. The summed E-state index contributed by atoms with van der Waals surface area (Å²) in [5.74, 6) is 0. The van der Waals surface area contributed by atoms with Crippen LogP contribution in [0.5, 0.6) is 0 Å².